The summed E-state index contributed by atoms with van der Waals surface area (Å²) < 4.78 is 0. The molecule has 4 heteroatoms. The minimum absolute atomic E-state index is 0.0253. The van der Waals surface area contributed by atoms with Crippen molar-refractivity contribution >= 4 is 6.03 Å². The van der Waals surface area contributed by atoms with E-state index < -0.39 is 0 Å². The molecule has 19 heavy (non-hydrogen) atoms. The van der Waals surface area contributed by atoms with Gasteiger partial charge in [0.25, 0.3) is 0 Å². The first-order chi connectivity index (χ1) is 9.19. The summed E-state index contributed by atoms with van der Waals surface area (Å²) in [5.41, 5.74) is 0. The van der Waals surface area contributed by atoms with Crippen LogP contribution in [0, 0.1) is 0 Å². The summed E-state index contributed by atoms with van der Waals surface area (Å²) in [5, 5.41) is 6.11. The number of carbonyl (C=O) groups is 1. The van der Waals surface area contributed by atoms with Crippen molar-refractivity contribution in [1.29, 1.82) is 0 Å². The summed E-state index contributed by atoms with van der Waals surface area (Å²) in [6.45, 7) is 11.4. The molecule has 0 aromatic heterocycles. The lowest BCUT2D eigenvalue weighted by Crippen LogP contribution is -2.50. The van der Waals surface area contributed by atoms with E-state index in [-0.39, 0.29) is 12.1 Å². The third kappa shape index (κ3) is 6.10. The molecule has 1 rings (SSSR count). The second kappa shape index (κ2) is 8.97. The summed E-state index contributed by atoms with van der Waals surface area (Å²) in [5.74, 6) is 0. The van der Waals surface area contributed by atoms with E-state index >= 15 is 0 Å². The lowest BCUT2D eigenvalue weighted by Gasteiger charge is -2.32. The number of rotatable bonds is 7. The first kappa shape index (κ1) is 16.0. The zero-order valence-electron chi connectivity index (χ0n) is 12.5. The first-order valence-electron chi connectivity index (χ1n) is 7.59. The molecule has 0 radical (unpaired) electrons. The molecule has 2 N–H and O–H groups in total. The highest BCUT2D eigenvalue weighted by Gasteiger charge is 2.20. The number of likely N-dealkylation sites (tertiary alicyclic amines) is 1. The molecule has 110 valence electrons. The SMILES string of the molecule is C=CCC(CC)NC(=O)NC1CCN(CCC)CC1. The van der Waals surface area contributed by atoms with E-state index in [0.29, 0.717) is 6.04 Å². The molecule has 1 fully saturated rings. The molecule has 4 nitrogen and oxygen atoms in total. The van der Waals surface area contributed by atoms with Gasteiger partial charge in [-0.15, -0.1) is 6.58 Å². The molecule has 1 saturated heterocycles. The Balaban J connectivity index is 2.24. The highest BCUT2D eigenvalue weighted by atomic mass is 16.2. The van der Waals surface area contributed by atoms with E-state index in [2.05, 4.69) is 36.0 Å². The lowest BCUT2D eigenvalue weighted by atomic mass is 10.1. The van der Waals surface area contributed by atoms with Crippen molar-refractivity contribution in [3.63, 3.8) is 0 Å². The molecule has 1 aliphatic heterocycles. The summed E-state index contributed by atoms with van der Waals surface area (Å²) >= 11 is 0. The number of hydrogen-bond acceptors (Lipinski definition) is 2. The first-order valence-corrected chi connectivity index (χ1v) is 7.59. The minimum Gasteiger partial charge on any atom is -0.335 e. The fourth-order valence-corrected chi connectivity index (χ4v) is 2.56. The summed E-state index contributed by atoms with van der Waals surface area (Å²) in [6.07, 6.45) is 6.96. The topological polar surface area (TPSA) is 44.4 Å². The van der Waals surface area contributed by atoms with Crippen LogP contribution in [0.15, 0.2) is 12.7 Å². The van der Waals surface area contributed by atoms with Gasteiger partial charge in [0.2, 0.25) is 0 Å². The van der Waals surface area contributed by atoms with Crippen LogP contribution in [0.5, 0.6) is 0 Å². The molecular formula is C15H29N3O. The Bertz CT molecular complexity index is 273. The van der Waals surface area contributed by atoms with Gasteiger partial charge in [0.15, 0.2) is 0 Å². The van der Waals surface area contributed by atoms with E-state index in [9.17, 15) is 4.79 Å². The van der Waals surface area contributed by atoms with Crippen molar-refractivity contribution in [2.45, 2.75) is 58.0 Å². The fraction of sp³-hybridized carbons (Fsp3) is 0.800. The zero-order chi connectivity index (χ0) is 14.1. The number of nitrogens with one attached hydrogen (secondary N) is 2. The predicted octanol–water partition coefficient (Wildman–Crippen LogP) is 2.51. The molecule has 2 amide bonds. The van der Waals surface area contributed by atoms with Gasteiger partial charge in [-0.05, 0) is 38.6 Å². The third-order valence-corrected chi connectivity index (χ3v) is 3.74. The Morgan fingerprint density at radius 3 is 2.63 bits per heavy atom. The van der Waals surface area contributed by atoms with Gasteiger partial charge in [0, 0.05) is 25.2 Å². The zero-order valence-corrected chi connectivity index (χ0v) is 12.5. The Labute approximate surface area is 117 Å². The second-order valence-corrected chi connectivity index (χ2v) is 5.36. The Morgan fingerprint density at radius 2 is 2.11 bits per heavy atom. The van der Waals surface area contributed by atoms with Crippen LogP contribution in [-0.4, -0.2) is 42.6 Å². The van der Waals surface area contributed by atoms with Crippen LogP contribution in [0.2, 0.25) is 0 Å². The monoisotopic (exact) mass is 267 g/mol. The molecule has 0 bridgehead atoms. The van der Waals surface area contributed by atoms with Crippen molar-refractivity contribution < 1.29 is 4.79 Å². The van der Waals surface area contributed by atoms with Crippen LogP contribution < -0.4 is 10.6 Å². The van der Waals surface area contributed by atoms with Gasteiger partial charge in [-0.1, -0.05) is 19.9 Å². The highest BCUT2D eigenvalue weighted by molar-refractivity contribution is 5.74. The van der Waals surface area contributed by atoms with Crippen molar-refractivity contribution in [3.8, 4) is 0 Å². The fourth-order valence-electron chi connectivity index (χ4n) is 2.56. The highest BCUT2D eigenvalue weighted by Crippen LogP contribution is 2.10. The molecule has 0 aliphatic carbocycles. The molecule has 1 unspecified atom stereocenters. The average Bonchev–Trinajstić information content (AvgIpc) is 2.41. The Kier molecular flexibility index (Phi) is 7.56. The maximum Gasteiger partial charge on any atom is 0.315 e. The van der Waals surface area contributed by atoms with Gasteiger partial charge < -0.3 is 15.5 Å². The quantitative estimate of drug-likeness (QED) is 0.696. The van der Waals surface area contributed by atoms with Gasteiger partial charge in [-0.3, -0.25) is 0 Å². The Hall–Kier alpha value is -1.03. The number of urea groups is 1. The molecule has 1 aliphatic rings. The van der Waals surface area contributed by atoms with Crippen LogP contribution in [0.1, 0.15) is 46.0 Å². The number of nitrogens with zero attached hydrogens (tertiary/aromatic N) is 1. The van der Waals surface area contributed by atoms with E-state index in [1.807, 2.05) is 6.08 Å². The maximum atomic E-state index is 11.9. The van der Waals surface area contributed by atoms with Crippen LogP contribution in [0.25, 0.3) is 0 Å². The van der Waals surface area contributed by atoms with E-state index in [1.54, 1.807) is 0 Å². The number of carbonyl (C=O) groups excluding carboxylic acids is 1. The minimum atomic E-state index is -0.0253. The normalized spacial score (nSPS) is 18.8. The molecule has 0 aromatic carbocycles. The predicted molar refractivity (Wildman–Crippen MR) is 80.3 cm³/mol. The van der Waals surface area contributed by atoms with Crippen LogP contribution in [-0.2, 0) is 0 Å². The smallest absolute Gasteiger partial charge is 0.315 e. The van der Waals surface area contributed by atoms with Crippen molar-refractivity contribution in [2.75, 3.05) is 19.6 Å². The molecule has 1 heterocycles. The van der Waals surface area contributed by atoms with Gasteiger partial charge in [0.05, 0.1) is 0 Å². The number of piperidine rings is 1. The third-order valence-electron chi connectivity index (χ3n) is 3.74. The largest absolute Gasteiger partial charge is 0.335 e. The van der Waals surface area contributed by atoms with Crippen LogP contribution in [0.4, 0.5) is 4.79 Å². The van der Waals surface area contributed by atoms with E-state index in [4.69, 9.17) is 0 Å². The summed E-state index contributed by atoms with van der Waals surface area (Å²) in [7, 11) is 0. The van der Waals surface area contributed by atoms with Crippen LogP contribution in [0.3, 0.4) is 0 Å². The van der Waals surface area contributed by atoms with Gasteiger partial charge in [-0.25, -0.2) is 4.79 Å². The average molecular weight is 267 g/mol. The maximum absolute atomic E-state index is 11.9. The second-order valence-electron chi connectivity index (χ2n) is 5.36. The van der Waals surface area contributed by atoms with Crippen LogP contribution >= 0.6 is 0 Å². The van der Waals surface area contributed by atoms with E-state index in [1.165, 1.54) is 13.0 Å². The van der Waals surface area contributed by atoms with Gasteiger partial charge >= 0.3 is 6.03 Å². The van der Waals surface area contributed by atoms with Gasteiger partial charge in [-0.2, -0.15) is 0 Å². The molecule has 0 aromatic rings. The Morgan fingerprint density at radius 1 is 1.42 bits per heavy atom. The molecule has 0 saturated carbocycles. The van der Waals surface area contributed by atoms with Crippen molar-refractivity contribution in [2.24, 2.45) is 0 Å². The van der Waals surface area contributed by atoms with E-state index in [0.717, 1.165) is 38.8 Å². The molecule has 0 spiro atoms. The van der Waals surface area contributed by atoms with Crippen molar-refractivity contribution in [1.82, 2.24) is 15.5 Å². The number of hydrogen-bond donors (Lipinski definition) is 2. The van der Waals surface area contributed by atoms with Gasteiger partial charge in [0.1, 0.15) is 0 Å². The lowest BCUT2D eigenvalue weighted by molar-refractivity contribution is 0.191. The number of amides is 2. The summed E-state index contributed by atoms with van der Waals surface area (Å²) in [4.78, 5) is 14.4. The van der Waals surface area contributed by atoms with Crippen molar-refractivity contribution in [3.05, 3.63) is 12.7 Å². The summed E-state index contributed by atoms with van der Waals surface area (Å²) in [6, 6.07) is 0.509. The standard InChI is InChI=1S/C15H29N3O/c1-4-7-13(6-3)16-15(19)17-14-8-11-18(10-5-2)12-9-14/h4,13-14H,1,5-12H2,2-3H3,(H2,16,17,19). The molecular weight excluding hydrogens is 238 g/mol. The molecule has 1 atom stereocenters.